The Morgan fingerprint density at radius 2 is 2.17 bits per heavy atom. The number of aromatic nitrogens is 2. The van der Waals surface area contributed by atoms with Gasteiger partial charge in [0, 0.05) is 19.6 Å². The summed E-state index contributed by atoms with van der Waals surface area (Å²) in [5.41, 5.74) is 1.02. The number of anilines is 1. The van der Waals surface area contributed by atoms with E-state index in [1.807, 2.05) is 0 Å². The molecule has 1 aromatic heterocycles. The fourth-order valence-corrected chi connectivity index (χ4v) is 2.36. The SMILES string of the molecule is CCNCc1ccc(N2CCCC(C)CC2)nn1. The summed E-state index contributed by atoms with van der Waals surface area (Å²) in [5.74, 6) is 1.88. The van der Waals surface area contributed by atoms with Gasteiger partial charge in [-0.3, -0.25) is 0 Å². The molecule has 4 nitrogen and oxygen atoms in total. The summed E-state index contributed by atoms with van der Waals surface area (Å²) in [5, 5.41) is 11.9. The number of nitrogens with zero attached hydrogens (tertiary/aromatic N) is 3. The molecule has 1 atom stereocenters. The van der Waals surface area contributed by atoms with Crippen LogP contribution in [0.1, 0.15) is 38.8 Å². The maximum atomic E-state index is 4.36. The zero-order chi connectivity index (χ0) is 12.8. The molecule has 0 saturated carbocycles. The largest absolute Gasteiger partial charge is 0.355 e. The Kier molecular flexibility index (Phi) is 4.93. The van der Waals surface area contributed by atoms with E-state index in [-0.39, 0.29) is 0 Å². The third kappa shape index (κ3) is 3.67. The van der Waals surface area contributed by atoms with Crippen molar-refractivity contribution in [3.8, 4) is 0 Å². The van der Waals surface area contributed by atoms with E-state index in [0.29, 0.717) is 0 Å². The Morgan fingerprint density at radius 3 is 2.89 bits per heavy atom. The molecular formula is C14H24N4. The molecule has 0 amide bonds. The van der Waals surface area contributed by atoms with Crippen molar-refractivity contribution in [3.05, 3.63) is 17.8 Å². The van der Waals surface area contributed by atoms with E-state index in [4.69, 9.17) is 0 Å². The summed E-state index contributed by atoms with van der Waals surface area (Å²) < 4.78 is 0. The highest BCUT2D eigenvalue weighted by atomic mass is 15.3. The van der Waals surface area contributed by atoms with Crippen molar-refractivity contribution in [1.82, 2.24) is 15.5 Å². The first kappa shape index (κ1) is 13.3. The number of hydrogen-bond acceptors (Lipinski definition) is 4. The Labute approximate surface area is 110 Å². The average molecular weight is 248 g/mol. The van der Waals surface area contributed by atoms with Crippen molar-refractivity contribution >= 4 is 5.82 Å². The lowest BCUT2D eigenvalue weighted by molar-refractivity contribution is 0.521. The zero-order valence-corrected chi connectivity index (χ0v) is 11.5. The molecule has 1 unspecified atom stereocenters. The lowest BCUT2D eigenvalue weighted by atomic mass is 10.0. The quantitative estimate of drug-likeness (QED) is 0.887. The molecule has 4 heteroatoms. The van der Waals surface area contributed by atoms with Crippen LogP contribution >= 0.6 is 0 Å². The lowest BCUT2D eigenvalue weighted by Gasteiger charge is -2.20. The second-order valence-electron chi connectivity index (χ2n) is 5.19. The summed E-state index contributed by atoms with van der Waals surface area (Å²) in [6.07, 6.45) is 3.87. The van der Waals surface area contributed by atoms with Gasteiger partial charge in [-0.1, -0.05) is 13.8 Å². The molecule has 0 radical (unpaired) electrons. The van der Waals surface area contributed by atoms with Gasteiger partial charge in [-0.2, -0.15) is 5.10 Å². The van der Waals surface area contributed by atoms with E-state index in [9.17, 15) is 0 Å². The van der Waals surface area contributed by atoms with Crippen LogP contribution in [0.2, 0.25) is 0 Å². The molecule has 1 N–H and O–H groups in total. The van der Waals surface area contributed by atoms with Gasteiger partial charge in [0.25, 0.3) is 0 Å². The molecule has 0 spiro atoms. The van der Waals surface area contributed by atoms with Gasteiger partial charge >= 0.3 is 0 Å². The van der Waals surface area contributed by atoms with Crippen molar-refractivity contribution in [2.75, 3.05) is 24.5 Å². The monoisotopic (exact) mass is 248 g/mol. The van der Waals surface area contributed by atoms with Crippen molar-refractivity contribution < 1.29 is 0 Å². The second kappa shape index (κ2) is 6.69. The molecule has 100 valence electrons. The Hall–Kier alpha value is -1.16. The molecular weight excluding hydrogens is 224 g/mol. The van der Waals surface area contributed by atoms with Crippen molar-refractivity contribution in [2.24, 2.45) is 5.92 Å². The van der Waals surface area contributed by atoms with Crippen LogP contribution in [-0.4, -0.2) is 29.8 Å². The van der Waals surface area contributed by atoms with Gasteiger partial charge in [0.05, 0.1) is 5.69 Å². The van der Waals surface area contributed by atoms with Crippen LogP contribution in [0.5, 0.6) is 0 Å². The summed E-state index contributed by atoms with van der Waals surface area (Å²) in [4.78, 5) is 2.37. The fraction of sp³-hybridized carbons (Fsp3) is 0.714. The summed E-state index contributed by atoms with van der Waals surface area (Å²) >= 11 is 0. The second-order valence-corrected chi connectivity index (χ2v) is 5.19. The van der Waals surface area contributed by atoms with E-state index in [2.05, 4.69) is 46.4 Å². The van der Waals surface area contributed by atoms with Crippen LogP contribution in [0.3, 0.4) is 0 Å². The highest BCUT2D eigenvalue weighted by molar-refractivity contribution is 5.37. The van der Waals surface area contributed by atoms with Crippen molar-refractivity contribution in [2.45, 2.75) is 39.7 Å². The predicted octanol–water partition coefficient (Wildman–Crippen LogP) is 2.21. The summed E-state index contributed by atoms with van der Waals surface area (Å²) in [7, 11) is 0. The number of rotatable bonds is 4. The van der Waals surface area contributed by atoms with Gasteiger partial charge in [0.2, 0.25) is 0 Å². The molecule has 1 aromatic rings. The van der Waals surface area contributed by atoms with E-state index in [0.717, 1.165) is 43.6 Å². The fourth-order valence-electron chi connectivity index (χ4n) is 2.36. The molecule has 1 saturated heterocycles. The van der Waals surface area contributed by atoms with Gasteiger partial charge in [0.15, 0.2) is 5.82 Å². The van der Waals surface area contributed by atoms with Crippen LogP contribution in [-0.2, 0) is 6.54 Å². The normalized spacial score (nSPS) is 20.8. The summed E-state index contributed by atoms with van der Waals surface area (Å²) in [6, 6.07) is 4.19. The standard InChI is InChI=1S/C14H24N4/c1-3-15-11-13-6-7-14(17-16-13)18-9-4-5-12(2)8-10-18/h6-7,12,15H,3-5,8-11H2,1-2H3. The van der Waals surface area contributed by atoms with E-state index < -0.39 is 0 Å². The highest BCUT2D eigenvalue weighted by Gasteiger charge is 2.15. The van der Waals surface area contributed by atoms with Gasteiger partial charge in [0.1, 0.15) is 0 Å². The minimum atomic E-state index is 0.806. The van der Waals surface area contributed by atoms with Crippen LogP contribution in [0, 0.1) is 5.92 Å². The Bertz CT molecular complexity index is 349. The molecule has 1 aliphatic rings. The smallest absolute Gasteiger partial charge is 0.151 e. The predicted molar refractivity (Wildman–Crippen MR) is 74.6 cm³/mol. The van der Waals surface area contributed by atoms with Gasteiger partial charge in [-0.25, -0.2) is 0 Å². The molecule has 2 heterocycles. The molecule has 18 heavy (non-hydrogen) atoms. The average Bonchev–Trinajstić information content (AvgIpc) is 2.62. The topological polar surface area (TPSA) is 41.0 Å². The number of hydrogen-bond donors (Lipinski definition) is 1. The van der Waals surface area contributed by atoms with E-state index >= 15 is 0 Å². The van der Waals surface area contributed by atoms with Crippen LogP contribution in [0.15, 0.2) is 12.1 Å². The van der Waals surface area contributed by atoms with E-state index in [1.54, 1.807) is 0 Å². The first-order chi connectivity index (χ1) is 8.79. The van der Waals surface area contributed by atoms with E-state index in [1.165, 1.54) is 19.3 Å². The molecule has 0 aliphatic carbocycles. The number of nitrogens with one attached hydrogen (secondary N) is 1. The van der Waals surface area contributed by atoms with Crippen LogP contribution in [0.4, 0.5) is 5.82 Å². The van der Waals surface area contributed by atoms with Crippen LogP contribution in [0.25, 0.3) is 0 Å². The lowest BCUT2D eigenvalue weighted by Crippen LogP contribution is -2.25. The van der Waals surface area contributed by atoms with Crippen molar-refractivity contribution in [1.29, 1.82) is 0 Å². The molecule has 2 rings (SSSR count). The first-order valence-electron chi connectivity index (χ1n) is 7.08. The minimum absolute atomic E-state index is 0.806. The van der Waals surface area contributed by atoms with Crippen LogP contribution < -0.4 is 10.2 Å². The third-order valence-corrected chi connectivity index (χ3v) is 3.60. The molecule has 1 fully saturated rings. The molecule has 1 aliphatic heterocycles. The molecule has 0 bridgehead atoms. The maximum Gasteiger partial charge on any atom is 0.151 e. The van der Waals surface area contributed by atoms with Gasteiger partial charge < -0.3 is 10.2 Å². The third-order valence-electron chi connectivity index (χ3n) is 3.60. The summed E-state index contributed by atoms with van der Waals surface area (Å²) in [6.45, 7) is 8.44. The first-order valence-corrected chi connectivity index (χ1v) is 7.08. The van der Waals surface area contributed by atoms with Gasteiger partial charge in [-0.15, -0.1) is 5.10 Å². The zero-order valence-electron chi connectivity index (χ0n) is 11.5. The Morgan fingerprint density at radius 1 is 1.28 bits per heavy atom. The van der Waals surface area contributed by atoms with Gasteiger partial charge in [-0.05, 0) is 43.9 Å². The minimum Gasteiger partial charge on any atom is -0.355 e. The highest BCUT2D eigenvalue weighted by Crippen LogP contribution is 2.20. The maximum absolute atomic E-state index is 4.36. The van der Waals surface area contributed by atoms with Crippen molar-refractivity contribution in [3.63, 3.8) is 0 Å². The Balaban J connectivity index is 1.95. The molecule has 0 aromatic carbocycles.